The molecule has 5 nitrogen and oxygen atoms in total. The number of nitrogens with one attached hydrogen (secondary N) is 1. The largest absolute Gasteiger partial charge is 0.460 e. The van der Waals surface area contributed by atoms with Crippen molar-refractivity contribution in [1.29, 1.82) is 0 Å². The van der Waals surface area contributed by atoms with Crippen LogP contribution in [0.5, 0.6) is 0 Å². The van der Waals surface area contributed by atoms with Crippen LogP contribution >= 0.6 is 11.6 Å². The summed E-state index contributed by atoms with van der Waals surface area (Å²) >= 11 is 6.09. The number of hydrogen-bond donors (Lipinski definition) is 1. The van der Waals surface area contributed by atoms with Gasteiger partial charge in [0.2, 0.25) is 5.91 Å². The monoisotopic (exact) mass is 430 g/mol. The Labute approximate surface area is 183 Å². The molecule has 1 aromatic carbocycles. The maximum absolute atomic E-state index is 11.8. The summed E-state index contributed by atoms with van der Waals surface area (Å²) in [6, 6.07) is 11.8. The van der Waals surface area contributed by atoms with Crippen molar-refractivity contribution >= 4 is 17.5 Å². The maximum atomic E-state index is 11.8. The Morgan fingerprint density at radius 1 is 1.23 bits per heavy atom. The smallest absolute Gasteiger partial charge is 0.222 e. The fourth-order valence-corrected chi connectivity index (χ4v) is 4.61. The van der Waals surface area contributed by atoms with E-state index >= 15 is 0 Å². The van der Waals surface area contributed by atoms with Gasteiger partial charge in [-0.2, -0.15) is 0 Å². The Balaban J connectivity index is 1.26. The lowest BCUT2D eigenvalue weighted by Gasteiger charge is -2.39. The zero-order valence-electron chi connectivity index (χ0n) is 17.8. The van der Waals surface area contributed by atoms with Crippen molar-refractivity contribution in [2.75, 3.05) is 19.6 Å². The van der Waals surface area contributed by atoms with Crippen LogP contribution in [0.15, 0.2) is 40.8 Å². The second-order valence-corrected chi connectivity index (χ2v) is 9.35. The van der Waals surface area contributed by atoms with E-state index in [9.17, 15) is 4.79 Å². The summed E-state index contributed by atoms with van der Waals surface area (Å²) in [5.74, 6) is 1.95. The second-order valence-electron chi connectivity index (χ2n) is 8.91. The van der Waals surface area contributed by atoms with Gasteiger partial charge in [0, 0.05) is 36.1 Å². The summed E-state index contributed by atoms with van der Waals surface area (Å²) in [5.41, 5.74) is 0.986. The molecule has 1 amide bonds. The van der Waals surface area contributed by atoms with Crippen molar-refractivity contribution in [3.8, 4) is 11.3 Å². The maximum Gasteiger partial charge on any atom is 0.222 e. The van der Waals surface area contributed by atoms with Gasteiger partial charge in [0.05, 0.1) is 18.2 Å². The average Bonchev–Trinajstić information content (AvgIpc) is 3.35. The Morgan fingerprint density at radius 2 is 2.03 bits per heavy atom. The van der Waals surface area contributed by atoms with Gasteiger partial charge < -0.3 is 14.5 Å². The molecule has 0 radical (unpaired) electrons. The van der Waals surface area contributed by atoms with Gasteiger partial charge in [0.1, 0.15) is 11.5 Å². The molecule has 0 aliphatic carbocycles. The lowest BCUT2D eigenvalue weighted by molar-refractivity contribution is -0.125. The van der Waals surface area contributed by atoms with Crippen molar-refractivity contribution in [3.05, 3.63) is 47.2 Å². The predicted octanol–water partition coefficient (Wildman–Crippen LogP) is 4.89. The van der Waals surface area contributed by atoms with Crippen LogP contribution in [0, 0.1) is 5.92 Å². The third-order valence-electron chi connectivity index (χ3n) is 6.28. The molecule has 2 aliphatic heterocycles. The molecule has 2 fully saturated rings. The number of halogens is 1. The highest BCUT2D eigenvalue weighted by Gasteiger charge is 2.42. The van der Waals surface area contributed by atoms with Crippen LogP contribution in [0.2, 0.25) is 5.02 Å². The third kappa shape index (κ3) is 5.08. The molecule has 1 atom stereocenters. The number of nitrogens with zero attached hydrogens (tertiary/aromatic N) is 1. The molecule has 30 heavy (non-hydrogen) atoms. The number of ether oxygens (including phenoxy) is 1. The molecule has 4 rings (SSSR count). The minimum atomic E-state index is -0.0150. The highest BCUT2D eigenvalue weighted by Crippen LogP contribution is 2.39. The summed E-state index contributed by atoms with van der Waals surface area (Å²) in [5, 5.41) is 3.73. The zero-order chi connectivity index (χ0) is 21.1. The van der Waals surface area contributed by atoms with E-state index < -0.39 is 0 Å². The van der Waals surface area contributed by atoms with E-state index in [2.05, 4.69) is 16.3 Å². The number of hydrogen-bond acceptors (Lipinski definition) is 4. The molecule has 6 heteroatoms. The van der Waals surface area contributed by atoms with Gasteiger partial charge >= 0.3 is 0 Å². The van der Waals surface area contributed by atoms with Gasteiger partial charge in [0.25, 0.3) is 0 Å². The van der Waals surface area contributed by atoms with E-state index in [1.54, 1.807) is 0 Å². The molecule has 2 aliphatic rings. The number of carbonyl (C=O) groups is 1. The van der Waals surface area contributed by atoms with E-state index in [4.69, 9.17) is 20.8 Å². The number of piperidine rings is 1. The molecule has 0 bridgehead atoms. The predicted molar refractivity (Wildman–Crippen MR) is 118 cm³/mol. The summed E-state index contributed by atoms with van der Waals surface area (Å²) in [4.78, 5) is 14.2. The molecule has 3 heterocycles. The van der Waals surface area contributed by atoms with Crippen molar-refractivity contribution in [1.82, 2.24) is 10.2 Å². The molecule has 1 aromatic heterocycles. The third-order valence-corrected chi connectivity index (χ3v) is 6.52. The molecule has 1 N–H and O–H groups in total. The number of amides is 1. The van der Waals surface area contributed by atoms with Crippen molar-refractivity contribution in [3.63, 3.8) is 0 Å². The van der Waals surface area contributed by atoms with Gasteiger partial charge in [0.15, 0.2) is 0 Å². The van der Waals surface area contributed by atoms with E-state index in [-0.39, 0.29) is 23.5 Å². The van der Waals surface area contributed by atoms with E-state index in [0.717, 1.165) is 62.4 Å². The Bertz CT molecular complexity index is 871. The van der Waals surface area contributed by atoms with E-state index in [1.807, 2.05) is 44.2 Å². The Hall–Kier alpha value is -1.82. The summed E-state index contributed by atoms with van der Waals surface area (Å²) < 4.78 is 12.5. The summed E-state index contributed by atoms with van der Waals surface area (Å²) in [7, 11) is 0. The first-order valence-electron chi connectivity index (χ1n) is 10.9. The molecule has 162 valence electrons. The first-order valence-corrected chi connectivity index (χ1v) is 11.3. The van der Waals surface area contributed by atoms with Gasteiger partial charge in [-0.05, 0) is 49.9 Å². The first-order chi connectivity index (χ1) is 14.4. The SMILES string of the molecule is CC(C)C(=O)NCC1CCC2(CCN(Cc3ccc(-c4cccc(Cl)c4)o3)CC2)O1. The topological polar surface area (TPSA) is 54.7 Å². The Morgan fingerprint density at radius 3 is 2.77 bits per heavy atom. The van der Waals surface area contributed by atoms with Crippen LogP contribution in [0.1, 0.15) is 45.3 Å². The number of benzene rings is 1. The van der Waals surface area contributed by atoms with Crippen molar-refractivity contribution in [2.45, 2.75) is 57.8 Å². The molecule has 1 unspecified atom stereocenters. The standard InChI is InChI=1S/C24H31ClN2O3/c1-17(2)23(28)26-15-20-8-9-24(30-20)10-12-27(13-11-24)16-21-6-7-22(29-21)18-4-3-5-19(25)14-18/h3-7,14,17,20H,8-13,15-16H2,1-2H3,(H,26,28). The van der Waals surface area contributed by atoms with Crippen LogP contribution in [0.25, 0.3) is 11.3 Å². The lowest BCUT2D eigenvalue weighted by Crippen LogP contribution is -2.45. The minimum Gasteiger partial charge on any atom is -0.460 e. The number of rotatable bonds is 6. The van der Waals surface area contributed by atoms with Gasteiger partial charge in [-0.3, -0.25) is 9.69 Å². The molecule has 1 spiro atoms. The second kappa shape index (κ2) is 9.13. The molecule has 2 aromatic rings. The van der Waals surface area contributed by atoms with Gasteiger partial charge in [-0.1, -0.05) is 37.6 Å². The Kier molecular flexibility index (Phi) is 6.51. The number of carbonyl (C=O) groups excluding carboxylic acids is 1. The van der Waals surface area contributed by atoms with Crippen molar-refractivity contribution in [2.24, 2.45) is 5.92 Å². The molecular formula is C24H31ClN2O3. The zero-order valence-corrected chi connectivity index (χ0v) is 18.6. The summed E-state index contributed by atoms with van der Waals surface area (Å²) in [6.45, 7) is 7.26. The molecule has 2 saturated heterocycles. The van der Waals surface area contributed by atoms with Crippen molar-refractivity contribution < 1.29 is 13.9 Å². The average molecular weight is 431 g/mol. The fraction of sp³-hybridized carbons (Fsp3) is 0.542. The van der Waals surface area contributed by atoms with Crippen LogP contribution in [0.4, 0.5) is 0 Å². The minimum absolute atomic E-state index is 0.0150. The summed E-state index contributed by atoms with van der Waals surface area (Å²) in [6.07, 6.45) is 4.32. The van der Waals surface area contributed by atoms with Gasteiger partial charge in [-0.15, -0.1) is 0 Å². The van der Waals surface area contributed by atoms with Crippen LogP contribution in [0.3, 0.4) is 0 Å². The van der Waals surface area contributed by atoms with Crippen LogP contribution in [-0.2, 0) is 16.1 Å². The molecule has 0 saturated carbocycles. The van der Waals surface area contributed by atoms with Crippen LogP contribution < -0.4 is 5.32 Å². The van der Waals surface area contributed by atoms with E-state index in [0.29, 0.717) is 11.6 Å². The fourth-order valence-electron chi connectivity index (χ4n) is 4.42. The molecular weight excluding hydrogens is 400 g/mol. The highest BCUT2D eigenvalue weighted by atomic mass is 35.5. The normalized spacial score (nSPS) is 21.4. The lowest BCUT2D eigenvalue weighted by atomic mass is 9.88. The number of likely N-dealkylation sites (tertiary alicyclic amines) is 1. The van der Waals surface area contributed by atoms with Gasteiger partial charge in [-0.25, -0.2) is 0 Å². The van der Waals surface area contributed by atoms with E-state index in [1.165, 1.54) is 0 Å². The number of furan rings is 1. The quantitative estimate of drug-likeness (QED) is 0.709. The first kappa shape index (κ1) is 21.4. The van der Waals surface area contributed by atoms with Crippen LogP contribution in [-0.4, -0.2) is 42.1 Å². The highest BCUT2D eigenvalue weighted by molar-refractivity contribution is 6.30.